The smallest absolute Gasteiger partial charge is 0.259 e. The van der Waals surface area contributed by atoms with Gasteiger partial charge in [0.1, 0.15) is 0 Å². The van der Waals surface area contributed by atoms with Gasteiger partial charge in [-0.05, 0) is 18.9 Å². The lowest BCUT2D eigenvalue weighted by atomic mass is 9.92. The molecule has 4 heterocycles. The fourth-order valence-corrected chi connectivity index (χ4v) is 4.19. The Morgan fingerprint density at radius 1 is 1.24 bits per heavy atom. The number of rotatable bonds is 3. The van der Waals surface area contributed by atoms with Crippen LogP contribution >= 0.6 is 0 Å². The number of hydrogen-bond donors (Lipinski definition) is 1. The third-order valence-electron chi connectivity index (χ3n) is 5.94. The highest BCUT2D eigenvalue weighted by atomic mass is 16.2. The molecule has 2 aliphatic rings. The normalized spacial score (nSPS) is 20.5. The van der Waals surface area contributed by atoms with Crippen molar-refractivity contribution in [2.45, 2.75) is 25.2 Å². The highest BCUT2D eigenvalue weighted by Gasteiger charge is 2.36. The van der Waals surface area contributed by atoms with Gasteiger partial charge in [-0.15, -0.1) is 0 Å². The molecule has 2 aliphatic heterocycles. The van der Waals surface area contributed by atoms with Gasteiger partial charge in [0, 0.05) is 65.0 Å². The predicted octanol–water partition coefficient (Wildman–Crippen LogP) is 0.568. The molecular formula is C20H26N6O3. The van der Waals surface area contributed by atoms with Gasteiger partial charge in [0.15, 0.2) is 0 Å². The van der Waals surface area contributed by atoms with Crippen molar-refractivity contribution in [3.8, 4) is 0 Å². The number of anilines is 1. The summed E-state index contributed by atoms with van der Waals surface area (Å²) in [5.41, 5.74) is 1.30. The summed E-state index contributed by atoms with van der Waals surface area (Å²) in [4.78, 5) is 53.9. The summed E-state index contributed by atoms with van der Waals surface area (Å²) in [6.07, 6.45) is 3.41. The Kier molecular flexibility index (Phi) is 4.97. The van der Waals surface area contributed by atoms with E-state index in [4.69, 9.17) is 0 Å². The zero-order valence-corrected chi connectivity index (χ0v) is 17.0. The van der Waals surface area contributed by atoms with Gasteiger partial charge in [-0.25, -0.2) is 9.97 Å². The van der Waals surface area contributed by atoms with E-state index in [0.717, 1.165) is 18.5 Å². The van der Waals surface area contributed by atoms with E-state index < -0.39 is 0 Å². The minimum absolute atomic E-state index is 0.0334. The lowest BCUT2D eigenvalue weighted by Gasteiger charge is -2.33. The summed E-state index contributed by atoms with van der Waals surface area (Å²) < 4.78 is 0. The fraction of sp³-hybridized carbons (Fsp3) is 0.550. The van der Waals surface area contributed by atoms with Crippen molar-refractivity contribution < 1.29 is 9.59 Å². The number of aromatic nitrogens is 3. The van der Waals surface area contributed by atoms with Crippen molar-refractivity contribution in [2.75, 3.05) is 45.7 Å². The zero-order chi connectivity index (χ0) is 20.7. The van der Waals surface area contributed by atoms with Crippen molar-refractivity contribution in [2.24, 2.45) is 5.92 Å². The Morgan fingerprint density at radius 3 is 2.59 bits per heavy atom. The maximum Gasteiger partial charge on any atom is 0.259 e. The van der Waals surface area contributed by atoms with Gasteiger partial charge in [-0.1, -0.05) is 0 Å². The molecule has 9 heteroatoms. The molecule has 0 aromatic carbocycles. The van der Waals surface area contributed by atoms with Crippen LogP contribution in [0.3, 0.4) is 0 Å². The first-order chi connectivity index (χ1) is 13.8. The number of nitrogens with zero attached hydrogens (tertiary/aromatic N) is 5. The summed E-state index contributed by atoms with van der Waals surface area (Å²) in [5.74, 6) is 0.598. The van der Waals surface area contributed by atoms with Crippen molar-refractivity contribution in [1.29, 1.82) is 0 Å². The van der Waals surface area contributed by atoms with Gasteiger partial charge in [0.05, 0.1) is 16.8 Å². The van der Waals surface area contributed by atoms with Crippen LogP contribution in [0.25, 0.3) is 10.9 Å². The topological polar surface area (TPSA) is 102 Å². The molecule has 0 unspecified atom stereocenters. The van der Waals surface area contributed by atoms with E-state index in [-0.39, 0.29) is 29.2 Å². The molecule has 2 aromatic heterocycles. The van der Waals surface area contributed by atoms with E-state index in [1.54, 1.807) is 23.0 Å². The maximum absolute atomic E-state index is 12.7. The number of fused-ring (bicyclic) bond motifs is 1. The number of aromatic amines is 1. The minimum atomic E-state index is -0.231. The van der Waals surface area contributed by atoms with Crippen molar-refractivity contribution in [1.82, 2.24) is 24.8 Å². The highest BCUT2D eigenvalue weighted by Crippen LogP contribution is 2.29. The van der Waals surface area contributed by atoms with E-state index in [9.17, 15) is 14.4 Å². The largest absolute Gasteiger partial charge is 0.347 e. The standard InChI is InChI=1S/C20H26N6O3/c1-24(2)20-21-10-14-16(23-20)9-15(22-18(14)28)12-4-6-26(7-5-12)19(29)13-8-17(27)25(3)11-13/h9-10,12-13H,4-8,11H2,1-3H3,(H,22,28)/t13-/m0/s1. The molecule has 0 spiro atoms. The fourth-order valence-electron chi connectivity index (χ4n) is 4.19. The monoisotopic (exact) mass is 398 g/mol. The van der Waals surface area contributed by atoms with Crippen LogP contribution in [0.5, 0.6) is 0 Å². The Bertz CT molecular complexity index is 1010. The third kappa shape index (κ3) is 3.68. The second-order valence-electron chi connectivity index (χ2n) is 8.19. The number of amides is 2. The molecule has 2 fully saturated rings. The number of hydrogen-bond acceptors (Lipinski definition) is 6. The van der Waals surface area contributed by atoms with Crippen LogP contribution < -0.4 is 10.5 Å². The van der Waals surface area contributed by atoms with Crippen molar-refractivity contribution in [3.05, 3.63) is 28.3 Å². The number of H-pyrrole nitrogens is 1. The van der Waals surface area contributed by atoms with Crippen LogP contribution in [0.4, 0.5) is 5.95 Å². The van der Waals surface area contributed by atoms with Crippen molar-refractivity contribution in [3.63, 3.8) is 0 Å². The lowest BCUT2D eigenvalue weighted by molar-refractivity contribution is -0.136. The Balaban J connectivity index is 1.48. The quantitative estimate of drug-likeness (QED) is 0.811. The molecule has 9 nitrogen and oxygen atoms in total. The molecule has 154 valence electrons. The molecule has 1 atom stereocenters. The van der Waals surface area contributed by atoms with Crippen LogP contribution in [0.2, 0.25) is 0 Å². The van der Waals surface area contributed by atoms with E-state index >= 15 is 0 Å². The summed E-state index contributed by atoms with van der Waals surface area (Å²) in [5, 5.41) is 0.474. The number of likely N-dealkylation sites (tertiary alicyclic amines) is 2. The minimum Gasteiger partial charge on any atom is -0.347 e. The summed E-state index contributed by atoms with van der Waals surface area (Å²) >= 11 is 0. The van der Waals surface area contributed by atoms with E-state index in [2.05, 4.69) is 15.0 Å². The average molecular weight is 398 g/mol. The Morgan fingerprint density at radius 2 is 1.97 bits per heavy atom. The summed E-state index contributed by atoms with van der Waals surface area (Å²) in [6, 6.07) is 1.93. The number of carbonyl (C=O) groups excluding carboxylic acids is 2. The Labute approximate surface area is 168 Å². The average Bonchev–Trinajstić information content (AvgIpc) is 3.05. The SMILES string of the molecule is CN1C[C@@H](C(=O)N2CCC(c3cc4nc(N(C)C)ncc4c(=O)[nH]3)CC2)CC1=O. The van der Waals surface area contributed by atoms with Gasteiger partial charge in [0.2, 0.25) is 17.8 Å². The number of pyridine rings is 1. The van der Waals surface area contributed by atoms with Gasteiger partial charge in [-0.3, -0.25) is 14.4 Å². The molecule has 0 aliphatic carbocycles. The summed E-state index contributed by atoms with van der Waals surface area (Å²) in [6.45, 7) is 1.76. The molecule has 0 saturated carbocycles. The first kappa shape index (κ1) is 19.4. The predicted molar refractivity (Wildman–Crippen MR) is 109 cm³/mol. The third-order valence-corrected chi connectivity index (χ3v) is 5.94. The molecule has 2 aromatic rings. The van der Waals surface area contributed by atoms with Gasteiger partial charge < -0.3 is 19.7 Å². The molecule has 4 rings (SSSR count). The summed E-state index contributed by atoms with van der Waals surface area (Å²) in [7, 11) is 5.46. The first-order valence-electron chi connectivity index (χ1n) is 9.93. The molecule has 0 bridgehead atoms. The van der Waals surface area contributed by atoms with Crippen molar-refractivity contribution >= 4 is 28.7 Å². The molecule has 29 heavy (non-hydrogen) atoms. The molecule has 2 amide bonds. The van der Waals surface area contributed by atoms with E-state index in [1.165, 1.54) is 0 Å². The lowest BCUT2D eigenvalue weighted by Crippen LogP contribution is -2.42. The molecular weight excluding hydrogens is 372 g/mol. The van der Waals surface area contributed by atoms with Gasteiger partial charge in [-0.2, -0.15) is 0 Å². The zero-order valence-electron chi connectivity index (χ0n) is 17.0. The van der Waals surface area contributed by atoms with E-state index in [0.29, 0.717) is 42.9 Å². The molecule has 1 N–H and O–H groups in total. The van der Waals surface area contributed by atoms with Crippen LogP contribution in [-0.2, 0) is 9.59 Å². The first-order valence-corrected chi connectivity index (χ1v) is 9.93. The number of nitrogens with one attached hydrogen (secondary N) is 1. The van der Waals surface area contributed by atoms with Crippen LogP contribution in [0, 0.1) is 5.92 Å². The molecule has 2 saturated heterocycles. The molecule has 0 radical (unpaired) electrons. The van der Waals surface area contributed by atoms with Crippen LogP contribution in [0.15, 0.2) is 17.1 Å². The second kappa shape index (κ2) is 7.46. The second-order valence-corrected chi connectivity index (χ2v) is 8.19. The maximum atomic E-state index is 12.7. The number of carbonyl (C=O) groups is 2. The Hall–Kier alpha value is -2.97. The highest BCUT2D eigenvalue weighted by molar-refractivity contribution is 5.89. The van der Waals surface area contributed by atoms with Gasteiger partial charge in [0.25, 0.3) is 5.56 Å². The number of piperidine rings is 1. The van der Waals surface area contributed by atoms with Crippen LogP contribution in [-0.4, -0.2) is 77.3 Å². The van der Waals surface area contributed by atoms with Gasteiger partial charge >= 0.3 is 0 Å². The van der Waals surface area contributed by atoms with Crippen LogP contribution in [0.1, 0.15) is 30.9 Å². The van der Waals surface area contributed by atoms with E-state index in [1.807, 2.05) is 25.1 Å².